The van der Waals surface area contributed by atoms with E-state index in [9.17, 15) is 9.59 Å². The number of ether oxygens (including phenoxy) is 3. The zero-order valence-electron chi connectivity index (χ0n) is 44.1. The van der Waals surface area contributed by atoms with Gasteiger partial charge in [0.1, 0.15) is 6.61 Å². The molecule has 0 aliphatic heterocycles. The maximum atomic E-state index is 12.8. The van der Waals surface area contributed by atoms with Crippen LogP contribution >= 0.6 is 0 Å². The fourth-order valence-corrected chi connectivity index (χ4v) is 7.15. The molecule has 0 heterocycles. The Bertz CT molecular complexity index is 1430. The summed E-state index contributed by atoms with van der Waals surface area (Å²) in [5.74, 6) is -0.514. The Morgan fingerprint density at radius 1 is 0.338 bits per heavy atom. The Labute approximate surface area is 419 Å². The molecule has 0 saturated carbocycles. The number of esters is 2. The molecular weight excluding hydrogens is 837 g/mol. The van der Waals surface area contributed by atoms with Gasteiger partial charge in [-0.25, -0.2) is 0 Å². The van der Waals surface area contributed by atoms with Gasteiger partial charge in [-0.15, -0.1) is 0 Å². The third kappa shape index (κ3) is 54.6. The lowest BCUT2D eigenvalue weighted by molar-refractivity contribution is -0.162. The van der Waals surface area contributed by atoms with Gasteiger partial charge in [0.2, 0.25) is 0 Å². The van der Waals surface area contributed by atoms with Gasteiger partial charge < -0.3 is 14.2 Å². The standard InChI is InChI=1S/C63H102O5/c1-4-7-10-13-16-19-22-25-27-29-31-33-35-37-40-43-46-49-52-55-58-66-59-61(68-63(65)57-54-51-48-45-42-38-24-21-18-15-12-9-6-3)60-67-62(64)56-53-50-47-44-41-39-36-34-32-30-28-26-23-20-17-14-11-8-5-2/h7-8,10-11,16-17,19-20,25-28,31-34,37,39-41,47,50,61H,4-6,9,12-15,18,21-24,29-30,35-36,38,42-46,48-49,51-60H2,1-3H3/b10-7-,11-8-,19-16-,20-17-,27-25-,28-26-,33-31-,34-32-,40-37-,41-39-,50-47-. The van der Waals surface area contributed by atoms with Crippen molar-refractivity contribution in [2.24, 2.45) is 0 Å². The molecule has 0 aliphatic rings. The van der Waals surface area contributed by atoms with Crippen LogP contribution in [0.1, 0.15) is 226 Å². The zero-order valence-corrected chi connectivity index (χ0v) is 44.1. The highest BCUT2D eigenvalue weighted by atomic mass is 16.6. The Kier molecular flexibility index (Phi) is 54.0. The van der Waals surface area contributed by atoms with Crippen molar-refractivity contribution < 1.29 is 23.8 Å². The average molecular weight is 940 g/mol. The Morgan fingerprint density at radius 2 is 0.691 bits per heavy atom. The second kappa shape index (κ2) is 57.4. The molecule has 0 aromatic heterocycles. The fraction of sp³-hybridized carbons (Fsp3) is 0.619. The van der Waals surface area contributed by atoms with Gasteiger partial charge >= 0.3 is 11.9 Å². The Balaban J connectivity index is 4.45. The SMILES string of the molecule is CC/C=C\C/C=C\C/C=C\C/C=C\C/C=C\C/C=C\CCC(=O)OCC(COCCCCCC/C=C\C/C=C\C/C=C\C/C=C\C/C=C\CC)OC(=O)CCCCCCCCCCCCCCC. The second-order valence-electron chi connectivity index (χ2n) is 17.7. The molecular formula is C63H102O5. The molecule has 0 rings (SSSR count). The summed E-state index contributed by atoms with van der Waals surface area (Å²) in [6, 6.07) is 0. The minimum absolute atomic E-state index is 0.0280. The van der Waals surface area contributed by atoms with Crippen LogP contribution in [0.2, 0.25) is 0 Å². The molecule has 5 heteroatoms. The van der Waals surface area contributed by atoms with Crippen LogP contribution in [0, 0.1) is 0 Å². The van der Waals surface area contributed by atoms with Crippen molar-refractivity contribution in [3.63, 3.8) is 0 Å². The monoisotopic (exact) mass is 939 g/mol. The molecule has 0 N–H and O–H groups in total. The topological polar surface area (TPSA) is 61.8 Å². The van der Waals surface area contributed by atoms with E-state index in [2.05, 4.69) is 148 Å². The summed E-state index contributed by atoms with van der Waals surface area (Å²) in [6.45, 7) is 7.46. The van der Waals surface area contributed by atoms with Gasteiger partial charge in [-0.2, -0.15) is 0 Å². The van der Waals surface area contributed by atoms with E-state index in [1.54, 1.807) is 0 Å². The summed E-state index contributed by atoms with van der Waals surface area (Å²) in [4.78, 5) is 25.4. The maximum Gasteiger partial charge on any atom is 0.306 e. The Hall–Kier alpha value is -3.96. The fourth-order valence-electron chi connectivity index (χ4n) is 7.15. The molecule has 1 atom stereocenters. The molecule has 0 aromatic carbocycles. The van der Waals surface area contributed by atoms with Crippen LogP contribution in [0.5, 0.6) is 0 Å². The summed E-state index contributed by atoms with van der Waals surface area (Å²) in [5, 5.41) is 0. The molecule has 0 saturated heterocycles. The number of carbonyl (C=O) groups excluding carboxylic acids is 2. The van der Waals surface area contributed by atoms with Crippen molar-refractivity contribution in [1.82, 2.24) is 0 Å². The number of rotatable bonds is 49. The second-order valence-corrected chi connectivity index (χ2v) is 17.7. The van der Waals surface area contributed by atoms with Crippen LogP contribution in [-0.4, -0.2) is 37.9 Å². The summed E-state index contributed by atoms with van der Waals surface area (Å²) in [7, 11) is 0. The zero-order chi connectivity index (χ0) is 49.2. The predicted molar refractivity (Wildman–Crippen MR) is 297 cm³/mol. The first-order chi connectivity index (χ1) is 33.6. The van der Waals surface area contributed by atoms with Gasteiger partial charge in [-0.3, -0.25) is 9.59 Å². The van der Waals surface area contributed by atoms with E-state index >= 15 is 0 Å². The molecule has 0 fully saturated rings. The van der Waals surface area contributed by atoms with Crippen LogP contribution in [-0.2, 0) is 23.8 Å². The van der Waals surface area contributed by atoms with Crippen molar-refractivity contribution in [2.75, 3.05) is 19.8 Å². The van der Waals surface area contributed by atoms with E-state index in [4.69, 9.17) is 14.2 Å². The molecule has 1 unspecified atom stereocenters. The van der Waals surface area contributed by atoms with Crippen LogP contribution < -0.4 is 0 Å². The average Bonchev–Trinajstić information content (AvgIpc) is 3.34. The number of carbonyl (C=O) groups is 2. The number of allylic oxidation sites excluding steroid dienone is 22. The van der Waals surface area contributed by atoms with Crippen LogP contribution in [0.4, 0.5) is 0 Å². The lowest BCUT2D eigenvalue weighted by Gasteiger charge is -2.18. The van der Waals surface area contributed by atoms with E-state index in [0.717, 1.165) is 116 Å². The van der Waals surface area contributed by atoms with E-state index < -0.39 is 6.10 Å². The third-order valence-electron chi connectivity index (χ3n) is 11.2. The van der Waals surface area contributed by atoms with Crippen molar-refractivity contribution in [1.29, 1.82) is 0 Å². The lowest BCUT2D eigenvalue weighted by atomic mass is 10.0. The highest BCUT2D eigenvalue weighted by Gasteiger charge is 2.17. The smallest absolute Gasteiger partial charge is 0.306 e. The van der Waals surface area contributed by atoms with Crippen LogP contribution in [0.15, 0.2) is 134 Å². The van der Waals surface area contributed by atoms with Gasteiger partial charge in [0.25, 0.3) is 0 Å². The summed E-state index contributed by atoms with van der Waals surface area (Å²) in [6.07, 6.45) is 81.9. The molecule has 0 spiro atoms. The van der Waals surface area contributed by atoms with E-state index in [0.29, 0.717) is 25.9 Å². The minimum Gasteiger partial charge on any atom is -0.462 e. The molecule has 0 aromatic rings. The first-order valence-corrected chi connectivity index (χ1v) is 27.7. The summed E-state index contributed by atoms with van der Waals surface area (Å²) >= 11 is 0. The van der Waals surface area contributed by atoms with Gasteiger partial charge in [0.05, 0.1) is 6.61 Å². The molecule has 0 radical (unpaired) electrons. The van der Waals surface area contributed by atoms with Crippen molar-refractivity contribution in [2.45, 2.75) is 232 Å². The first-order valence-electron chi connectivity index (χ1n) is 27.7. The number of hydrogen-bond acceptors (Lipinski definition) is 5. The van der Waals surface area contributed by atoms with Gasteiger partial charge in [-0.1, -0.05) is 244 Å². The highest BCUT2D eigenvalue weighted by Crippen LogP contribution is 2.14. The molecule has 68 heavy (non-hydrogen) atoms. The van der Waals surface area contributed by atoms with Crippen molar-refractivity contribution in [3.05, 3.63) is 134 Å². The quantitative estimate of drug-likeness (QED) is 0.0345. The van der Waals surface area contributed by atoms with Crippen molar-refractivity contribution in [3.8, 4) is 0 Å². The maximum absolute atomic E-state index is 12.8. The van der Waals surface area contributed by atoms with E-state index in [1.807, 2.05) is 6.08 Å². The van der Waals surface area contributed by atoms with Gasteiger partial charge in [0.15, 0.2) is 6.10 Å². The lowest BCUT2D eigenvalue weighted by Crippen LogP contribution is -2.30. The Morgan fingerprint density at radius 3 is 1.12 bits per heavy atom. The van der Waals surface area contributed by atoms with E-state index in [-0.39, 0.29) is 25.2 Å². The predicted octanol–water partition coefficient (Wildman–Crippen LogP) is 19.1. The number of unbranched alkanes of at least 4 members (excludes halogenated alkanes) is 16. The van der Waals surface area contributed by atoms with Crippen LogP contribution in [0.3, 0.4) is 0 Å². The first kappa shape index (κ1) is 64.0. The highest BCUT2D eigenvalue weighted by molar-refractivity contribution is 5.70. The number of hydrogen-bond donors (Lipinski definition) is 0. The van der Waals surface area contributed by atoms with E-state index in [1.165, 1.54) is 70.6 Å². The molecule has 5 nitrogen and oxygen atoms in total. The van der Waals surface area contributed by atoms with Crippen molar-refractivity contribution >= 4 is 11.9 Å². The molecule has 384 valence electrons. The van der Waals surface area contributed by atoms with Gasteiger partial charge in [-0.05, 0) is 103 Å². The minimum atomic E-state index is -0.588. The summed E-state index contributed by atoms with van der Waals surface area (Å²) < 4.78 is 17.4. The molecule has 0 amide bonds. The largest absolute Gasteiger partial charge is 0.462 e. The normalized spacial score (nSPS) is 13.3. The molecule has 0 bridgehead atoms. The third-order valence-corrected chi connectivity index (χ3v) is 11.2. The summed E-state index contributed by atoms with van der Waals surface area (Å²) in [5.41, 5.74) is 0. The van der Waals surface area contributed by atoms with Crippen LogP contribution in [0.25, 0.3) is 0 Å². The molecule has 0 aliphatic carbocycles. The van der Waals surface area contributed by atoms with Gasteiger partial charge in [0, 0.05) is 19.4 Å².